The summed E-state index contributed by atoms with van der Waals surface area (Å²) in [7, 11) is -6.35. The second-order valence-corrected chi connectivity index (χ2v) is 7.13. The van der Waals surface area contributed by atoms with Gasteiger partial charge in [0, 0.05) is 13.1 Å². The maximum Gasteiger partial charge on any atom is 0.307 e. The van der Waals surface area contributed by atoms with Crippen molar-refractivity contribution in [1.29, 1.82) is 0 Å². The van der Waals surface area contributed by atoms with Crippen molar-refractivity contribution in [2.24, 2.45) is 0 Å². The fourth-order valence-corrected chi connectivity index (χ4v) is 2.54. The molecule has 1 aromatic heterocycles. The molecule has 1 heterocycles. The first-order chi connectivity index (χ1) is 8.66. The van der Waals surface area contributed by atoms with Crippen LogP contribution in [0.3, 0.4) is 0 Å². The third-order valence-electron chi connectivity index (χ3n) is 1.92. The van der Waals surface area contributed by atoms with Gasteiger partial charge in [0.2, 0.25) is 5.88 Å². The second kappa shape index (κ2) is 5.56. The Balaban J connectivity index is 3.16. The molecule has 0 N–H and O–H groups in total. The molecule has 0 amide bonds. The lowest BCUT2D eigenvalue weighted by atomic mass is 10.5. The molecule has 0 radical (unpaired) electrons. The lowest BCUT2D eigenvalue weighted by Crippen LogP contribution is -2.28. The molecule has 0 spiro atoms. The van der Waals surface area contributed by atoms with E-state index in [0.717, 1.165) is 10.6 Å². The molecule has 0 aliphatic carbocycles. The van der Waals surface area contributed by atoms with Crippen LogP contribution in [-0.2, 0) is 20.1 Å². The normalized spacial score (nSPS) is 12.1. The van der Waals surface area contributed by atoms with E-state index in [2.05, 4.69) is 15.1 Å². The van der Waals surface area contributed by atoms with E-state index in [4.69, 9.17) is 6.42 Å². The Morgan fingerprint density at radius 3 is 2.53 bits per heavy atom. The Bertz CT molecular complexity index is 704. The Morgan fingerprint density at radius 2 is 2.00 bits per heavy atom. The van der Waals surface area contributed by atoms with Crippen LogP contribution in [0.2, 0.25) is 0 Å². The number of aromatic nitrogens is 1. The van der Waals surface area contributed by atoms with E-state index in [0.29, 0.717) is 0 Å². The number of hydrogen-bond acceptors (Lipinski definition) is 6. The molecule has 0 saturated carbocycles. The summed E-state index contributed by atoms with van der Waals surface area (Å²) in [6.45, 7) is -0.124. The zero-order valence-electron chi connectivity index (χ0n) is 10.3. The zero-order valence-corrected chi connectivity index (χ0v) is 11.9. The lowest BCUT2D eigenvalue weighted by molar-refractivity contribution is 0.473. The van der Waals surface area contributed by atoms with E-state index < -0.39 is 20.1 Å². The average Bonchev–Trinajstić information content (AvgIpc) is 2.27. The van der Waals surface area contributed by atoms with Gasteiger partial charge in [-0.05, 0) is 6.07 Å². The highest BCUT2D eigenvalue weighted by Gasteiger charge is 2.22. The van der Waals surface area contributed by atoms with E-state index in [9.17, 15) is 16.8 Å². The van der Waals surface area contributed by atoms with E-state index in [1.807, 2.05) is 0 Å². The van der Waals surface area contributed by atoms with Crippen molar-refractivity contribution in [3.05, 3.63) is 18.2 Å². The summed E-state index contributed by atoms with van der Waals surface area (Å²) in [5.74, 6) is 1.87. The van der Waals surface area contributed by atoms with Gasteiger partial charge >= 0.3 is 10.1 Å². The average molecular weight is 304 g/mol. The van der Waals surface area contributed by atoms with Crippen molar-refractivity contribution in [3.8, 4) is 18.2 Å². The van der Waals surface area contributed by atoms with E-state index >= 15 is 0 Å². The van der Waals surface area contributed by atoms with Gasteiger partial charge in [-0.2, -0.15) is 17.7 Å². The largest absolute Gasteiger partial charge is 0.362 e. The topological polar surface area (TPSA) is 93.6 Å². The molecule has 1 aromatic rings. The Hall–Kier alpha value is -1.63. The number of pyridine rings is 1. The van der Waals surface area contributed by atoms with E-state index in [1.54, 1.807) is 0 Å². The maximum absolute atomic E-state index is 12.0. The Labute approximate surface area is 112 Å². The molecule has 0 aliphatic heterocycles. The maximum atomic E-state index is 12.0. The van der Waals surface area contributed by atoms with Gasteiger partial charge in [0.15, 0.2) is 5.03 Å². The van der Waals surface area contributed by atoms with Gasteiger partial charge in [-0.25, -0.2) is 8.42 Å². The summed E-state index contributed by atoms with van der Waals surface area (Å²) >= 11 is 0. The van der Waals surface area contributed by atoms with E-state index in [1.165, 1.54) is 25.2 Å². The van der Waals surface area contributed by atoms with Crippen LogP contribution < -0.4 is 4.18 Å². The molecule has 7 nitrogen and oxygen atoms in total. The summed E-state index contributed by atoms with van der Waals surface area (Å²) in [6, 6.07) is 3.78. The number of sulfonamides is 1. The molecular formula is C10H12N2O5S2. The monoisotopic (exact) mass is 304 g/mol. The van der Waals surface area contributed by atoms with Gasteiger partial charge in [-0.1, -0.05) is 12.0 Å². The molecular weight excluding hydrogens is 292 g/mol. The van der Waals surface area contributed by atoms with Crippen LogP contribution in [-0.4, -0.2) is 46.0 Å². The van der Waals surface area contributed by atoms with Crippen molar-refractivity contribution >= 4 is 20.1 Å². The van der Waals surface area contributed by atoms with Crippen LogP contribution in [0.5, 0.6) is 5.88 Å². The van der Waals surface area contributed by atoms with Gasteiger partial charge in [-0.3, -0.25) is 0 Å². The summed E-state index contributed by atoms with van der Waals surface area (Å²) in [5, 5.41) is -0.341. The van der Waals surface area contributed by atoms with Crippen molar-refractivity contribution in [2.75, 3.05) is 19.8 Å². The number of hydrogen-bond donors (Lipinski definition) is 0. The summed E-state index contributed by atoms with van der Waals surface area (Å²) in [5.41, 5.74) is 0. The van der Waals surface area contributed by atoms with Gasteiger partial charge in [0.25, 0.3) is 10.0 Å². The predicted molar refractivity (Wildman–Crippen MR) is 68.4 cm³/mol. The Kier molecular flexibility index (Phi) is 4.52. The number of nitrogens with zero attached hydrogens (tertiary/aromatic N) is 2. The minimum Gasteiger partial charge on any atom is -0.362 e. The van der Waals surface area contributed by atoms with Crippen LogP contribution in [0.4, 0.5) is 0 Å². The van der Waals surface area contributed by atoms with Crippen LogP contribution >= 0.6 is 0 Å². The molecule has 19 heavy (non-hydrogen) atoms. The molecule has 0 saturated heterocycles. The quantitative estimate of drug-likeness (QED) is 0.546. The summed E-state index contributed by atoms with van der Waals surface area (Å²) in [4.78, 5) is 3.63. The SMILES string of the molecule is C#CCN(C)S(=O)(=O)c1cccc(OS(C)(=O)=O)n1. The minimum atomic E-state index is -3.87. The molecule has 1 rings (SSSR count). The third kappa shape index (κ3) is 4.20. The zero-order chi connectivity index (χ0) is 14.7. The molecule has 0 fully saturated rings. The highest BCUT2D eigenvalue weighted by Crippen LogP contribution is 2.16. The van der Waals surface area contributed by atoms with Crippen LogP contribution in [0.15, 0.2) is 23.2 Å². The summed E-state index contributed by atoms with van der Waals surface area (Å²) < 4.78 is 51.3. The third-order valence-corrected chi connectivity index (χ3v) is 4.10. The smallest absolute Gasteiger partial charge is 0.307 e. The molecule has 9 heteroatoms. The number of terminal acetylenes is 1. The lowest BCUT2D eigenvalue weighted by Gasteiger charge is -2.13. The molecule has 0 atom stereocenters. The van der Waals surface area contributed by atoms with Crippen LogP contribution in [0.25, 0.3) is 0 Å². The van der Waals surface area contributed by atoms with Crippen molar-refractivity contribution in [1.82, 2.24) is 9.29 Å². The Morgan fingerprint density at radius 1 is 1.37 bits per heavy atom. The molecule has 0 aromatic carbocycles. The van der Waals surface area contributed by atoms with Crippen LogP contribution in [0, 0.1) is 12.3 Å². The fraction of sp³-hybridized carbons (Fsp3) is 0.300. The van der Waals surface area contributed by atoms with Gasteiger partial charge in [-0.15, -0.1) is 6.42 Å². The molecule has 104 valence electrons. The highest BCUT2D eigenvalue weighted by molar-refractivity contribution is 7.89. The first-order valence-electron chi connectivity index (χ1n) is 4.93. The van der Waals surface area contributed by atoms with E-state index in [-0.39, 0.29) is 17.5 Å². The first-order valence-corrected chi connectivity index (χ1v) is 8.19. The van der Waals surface area contributed by atoms with Crippen molar-refractivity contribution in [3.63, 3.8) is 0 Å². The predicted octanol–water partition coefficient (Wildman–Crippen LogP) is -0.326. The highest BCUT2D eigenvalue weighted by atomic mass is 32.2. The van der Waals surface area contributed by atoms with Crippen LogP contribution in [0.1, 0.15) is 0 Å². The summed E-state index contributed by atoms with van der Waals surface area (Å²) in [6.07, 6.45) is 5.87. The first kappa shape index (κ1) is 15.4. The van der Waals surface area contributed by atoms with Gasteiger partial charge < -0.3 is 4.18 Å². The van der Waals surface area contributed by atoms with Crippen molar-refractivity contribution < 1.29 is 21.0 Å². The molecule has 0 aliphatic rings. The molecule has 0 unspecified atom stereocenters. The van der Waals surface area contributed by atoms with Crippen molar-refractivity contribution in [2.45, 2.75) is 5.03 Å². The van der Waals surface area contributed by atoms with Gasteiger partial charge in [0.05, 0.1) is 12.8 Å². The molecule has 0 bridgehead atoms. The standard InChI is InChI=1S/C10H12N2O5S2/c1-4-8-12(2)19(15,16)10-7-5-6-9(11-10)17-18(3,13)14/h1,5-7H,8H2,2-3H3. The van der Waals surface area contributed by atoms with Gasteiger partial charge in [0.1, 0.15) is 0 Å². The fourth-order valence-electron chi connectivity index (χ4n) is 1.11. The number of rotatable bonds is 5. The minimum absolute atomic E-state index is 0.124. The second-order valence-electron chi connectivity index (χ2n) is 3.57.